The Balaban J connectivity index is 2.37. The Morgan fingerprint density at radius 2 is 1.81 bits per heavy atom. The summed E-state index contributed by atoms with van der Waals surface area (Å²) in [5.74, 6) is -0.208. The van der Waals surface area contributed by atoms with Crippen molar-refractivity contribution < 1.29 is 4.39 Å². The Hall–Kier alpha value is -1.61. The second kappa shape index (κ2) is 4.49. The van der Waals surface area contributed by atoms with Gasteiger partial charge in [0.1, 0.15) is 5.82 Å². The van der Waals surface area contributed by atoms with Gasteiger partial charge in [0.15, 0.2) is 0 Å². The Kier molecular flexibility index (Phi) is 3.06. The zero-order chi connectivity index (χ0) is 11.5. The molecule has 0 aliphatic carbocycles. The maximum Gasteiger partial charge on any atom is 0.123 e. The SMILES string of the molecule is Cn1c(CCN)ccc1-c1ccc(F)cc1. The Bertz CT molecular complexity index is 471. The Morgan fingerprint density at radius 1 is 1.12 bits per heavy atom. The molecule has 1 heterocycles. The first kappa shape index (κ1) is 10.9. The fourth-order valence-electron chi connectivity index (χ4n) is 1.86. The zero-order valence-electron chi connectivity index (χ0n) is 9.28. The van der Waals surface area contributed by atoms with E-state index in [1.807, 2.05) is 13.1 Å². The summed E-state index contributed by atoms with van der Waals surface area (Å²) in [4.78, 5) is 0. The molecule has 0 radical (unpaired) electrons. The van der Waals surface area contributed by atoms with Gasteiger partial charge in [-0.2, -0.15) is 0 Å². The van der Waals surface area contributed by atoms with E-state index in [1.54, 1.807) is 12.1 Å². The summed E-state index contributed by atoms with van der Waals surface area (Å²) in [5.41, 5.74) is 8.84. The number of nitrogens with zero attached hydrogens (tertiary/aromatic N) is 1. The van der Waals surface area contributed by atoms with Crippen LogP contribution in [-0.4, -0.2) is 11.1 Å². The molecule has 16 heavy (non-hydrogen) atoms. The summed E-state index contributed by atoms with van der Waals surface area (Å²) in [6.45, 7) is 0.640. The van der Waals surface area contributed by atoms with Crippen molar-refractivity contribution >= 4 is 0 Å². The van der Waals surface area contributed by atoms with Crippen molar-refractivity contribution in [1.29, 1.82) is 0 Å². The number of aromatic nitrogens is 1. The number of rotatable bonds is 3. The highest BCUT2D eigenvalue weighted by Gasteiger charge is 2.05. The first-order valence-electron chi connectivity index (χ1n) is 5.33. The molecule has 84 valence electrons. The van der Waals surface area contributed by atoms with E-state index in [4.69, 9.17) is 5.73 Å². The molecule has 2 aromatic rings. The second-order valence-electron chi connectivity index (χ2n) is 3.81. The number of hydrogen-bond donors (Lipinski definition) is 1. The normalized spacial score (nSPS) is 10.7. The summed E-state index contributed by atoms with van der Waals surface area (Å²) in [5, 5.41) is 0. The molecule has 0 aliphatic rings. The molecule has 0 bridgehead atoms. The van der Waals surface area contributed by atoms with Crippen molar-refractivity contribution in [2.75, 3.05) is 6.54 Å². The van der Waals surface area contributed by atoms with Crippen molar-refractivity contribution in [3.63, 3.8) is 0 Å². The van der Waals surface area contributed by atoms with Gasteiger partial charge in [-0.3, -0.25) is 0 Å². The van der Waals surface area contributed by atoms with Gasteiger partial charge in [0, 0.05) is 18.4 Å². The molecule has 0 spiro atoms. The molecular weight excluding hydrogens is 203 g/mol. The molecule has 0 unspecified atom stereocenters. The molecule has 0 amide bonds. The highest BCUT2D eigenvalue weighted by molar-refractivity contribution is 5.60. The van der Waals surface area contributed by atoms with Gasteiger partial charge < -0.3 is 10.3 Å². The van der Waals surface area contributed by atoms with E-state index in [0.717, 1.165) is 17.7 Å². The molecule has 0 saturated heterocycles. The van der Waals surface area contributed by atoms with Crippen LogP contribution in [0.3, 0.4) is 0 Å². The molecule has 2 rings (SSSR count). The van der Waals surface area contributed by atoms with Gasteiger partial charge in [-0.25, -0.2) is 4.39 Å². The first-order chi connectivity index (χ1) is 7.72. The van der Waals surface area contributed by atoms with E-state index in [2.05, 4.69) is 10.6 Å². The van der Waals surface area contributed by atoms with E-state index in [0.29, 0.717) is 6.54 Å². The highest BCUT2D eigenvalue weighted by atomic mass is 19.1. The topological polar surface area (TPSA) is 30.9 Å². The lowest BCUT2D eigenvalue weighted by Crippen LogP contribution is -2.07. The van der Waals surface area contributed by atoms with Crippen LogP contribution in [0, 0.1) is 5.82 Å². The summed E-state index contributed by atoms with van der Waals surface area (Å²) in [6, 6.07) is 10.6. The number of hydrogen-bond acceptors (Lipinski definition) is 1. The molecule has 0 atom stereocenters. The third-order valence-electron chi connectivity index (χ3n) is 2.77. The van der Waals surface area contributed by atoms with Crippen LogP contribution in [0.4, 0.5) is 4.39 Å². The third kappa shape index (κ3) is 1.99. The number of benzene rings is 1. The molecule has 1 aromatic carbocycles. The lowest BCUT2D eigenvalue weighted by molar-refractivity contribution is 0.628. The molecule has 0 saturated carbocycles. The summed E-state index contributed by atoms with van der Waals surface area (Å²) < 4.78 is 14.9. The van der Waals surface area contributed by atoms with Crippen LogP contribution >= 0.6 is 0 Å². The summed E-state index contributed by atoms with van der Waals surface area (Å²) >= 11 is 0. The summed E-state index contributed by atoms with van der Waals surface area (Å²) in [7, 11) is 2.00. The van der Waals surface area contributed by atoms with Crippen molar-refractivity contribution in [3.8, 4) is 11.3 Å². The molecule has 3 heteroatoms. The van der Waals surface area contributed by atoms with Crippen LogP contribution in [0.5, 0.6) is 0 Å². The standard InChI is InChI=1S/C13H15FN2/c1-16-12(8-9-15)6-7-13(16)10-2-4-11(14)5-3-10/h2-7H,8-9,15H2,1H3. The Labute approximate surface area is 94.5 Å². The number of nitrogens with two attached hydrogens (primary N) is 1. The van der Waals surface area contributed by atoms with Gasteiger partial charge in [-0.1, -0.05) is 0 Å². The minimum Gasteiger partial charge on any atom is -0.348 e. The van der Waals surface area contributed by atoms with Gasteiger partial charge >= 0.3 is 0 Å². The highest BCUT2D eigenvalue weighted by Crippen LogP contribution is 2.21. The van der Waals surface area contributed by atoms with Crippen LogP contribution in [0.25, 0.3) is 11.3 Å². The van der Waals surface area contributed by atoms with Crippen LogP contribution in [0.1, 0.15) is 5.69 Å². The van der Waals surface area contributed by atoms with E-state index >= 15 is 0 Å². The van der Waals surface area contributed by atoms with Gasteiger partial charge in [-0.15, -0.1) is 0 Å². The maximum atomic E-state index is 12.8. The van der Waals surface area contributed by atoms with Gasteiger partial charge in [-0.05, 0) is 54.9 Å². The third-order valence-corrected chi connectivity index (χ3v) is 2.77. The predicted octanol–water partition coefficient (Wildman–Crippen LogP) is 2.33. The molecule has 2 N–H and O–H groups in total. The lowest BCUT2D eigenvalue weighted by atomic mass is 10.1. The van der Waals surface area contributed by atoms with Gasteiger partial charge in [0.25, 0.3) is 0 Å². The van der Waals surface area contributed by atoms with E-state index in [9.17, 15) is 4.39 Å². The van der Waals surface area contributed by atoms with Gasteiger partial charge in [0.2, 0.25) is 0 Å². The molecule has 2 nitrogen and oxygen atoms in total. The molecule has 1 aromatic heterocycles. The Morgan fingerprint density at radius 3 is 2.44 bits per heavy atom. The largest absolute Gasteiger partial charge is 0.348 e. The molecule has 0 fully saturated rings. The minimum atomic E-state index is -0.208. The molecular formula is C13H15FN2. The number of halogens is 1. The van der Waals surface area contributed by atoms with E-state index < -0.39 is 0 Å². The minimum absolute atomic E-state index is 0.208. The van der Waals surface area contributed by atoms with Crippen molar-refractivity contribution in [2.45, 2.75) is 6.42 Å². The van der Waals surface area contributed by atoms with E-state index in [1.165, 1.54) is 17.8 Å². The lowest BCUT2D eigenvalue weighted by Gasteiger charge is -2.07. The smallest absolute Gasteiger partial charge is 0.123 e. The van der Waals surface area contributed by atoms with Crippen LogP contribution in [-0.2, 0) is 13.5 Å². The monoisotopic (exact) mass is 218 g/mol. The zero-order valence-corrected chi connectivity index (χ0v) is 9.28. The van der Waals surface area contributed by atoms with Crippen LogP contribution in [0.15, 0.2) is 36.4 Å². The summed E-state index contributed by atoms with van der Waals surface area (Å²) in [6.07, 6.45) is 0.859. The van der Waals surface area contributed by atoms with Crippen molar-refractivity contribution in [3.05, 3.63) is 47.9 Å². The molecule has 0 aliphatic heterocycles. The van der Waals surface area contributed by atoms with E-state index in [-0.39, 0.29) is 5.82 Å². The van der Waals surface area contributed by atoms with Gasteiger partial charge in [0.05, 0.1) is 0 Å². The second-order valence-corrected chi connectivity index (χ2v) is 3.81. The van der Waals surface area contributed by atoms with Crippen molar-refractivity contribution in [1.82, 2.24) is 4.57 Å². The quantitative estimate of drug-likeness (QED) is 0.842. The maximum absolute atomic E-state index is 12.8. The predicted molar refractivity (Wildman–Crippen MR) is 63.6 cm³/mol. The van der Waals surface area contributed by atoms with Crippen LogP contribution < -0.4 is 5.73 Å². The van der Waals surface area contributed by atoms with Crippen molar-refractivity contribution in [2.24, 2.45) is 12.8 Å². The average Bonchev–Trinajstić information content (AvgIpc) is 2.63. The fraction of sp³-hybridized carbons (Fsp3) is 0.231. The first-order valence-corrected chi connectivity index (χ1v) is 5.33. The van der Waals surface area contributed by atoms with Crippen LogP contribution in [0.2, 0.25) is 0 Å². The average molecular weight is 218 g/mol. The fourth-order valence-corrected chi connectivity index (χ4v) is 1.86.